The third kappa shape index (κ3) is 2.82. The standard InChI is InChI=1S/C15H12BrF4N/c1-7-3-5-9(17)11(13(7)19)15(21-2)8-4-6-10(18)14(20)12(8)16/h3-6,15,21H,1-2H3. The van der Waals surface area contributed by atoms with Crippen molar-refractivity contribution in [3.8, 4) is 0 Å². The minimum atomic E-state index is -1.10. The molecule has 0 aliphatic heterocycles. The average Bonchev–Trinajstić information content (AvgIpc) is 2.46. The molecule has 1 unspecified atom stereocenters. The predicted molar refractivity (Wildman–Crippen MR) is 76.1 cm³/mol. The van der Waals surface area contributed by atoms with E-state index in [0.717, 1.165) is 12.1 Å². The van der Waals surface area contributed by atoms with E-state index in [4.69, 9.17) is 0 Å². The Bertz CT molecular complexity index is 688. The van der Waals surface area contributed by atoms with Gasteiger partial charge in [-0.1, -0.05) is 12.1 Å². The number of hydrogen-bond acceptors (Lipinski definition) is 1. The van der Waals surface area contributed by atoms with Gasteiger partial charge in [-0.25, -0.2) is 17.6 Å². The van der Waals surface area contributed by atoms with E-state index in [1.807, 2.05) is 0 Å². The highest BCUT2D eigenvalue weighted by molar-refractivity contribution is 9.10. The van der Waals surface area contributed by atoms with E-state index in [9.17, 15) is 17.6 Å². The summed E-state index contributed by atoms with van der Waals surface area (Å²) in [6.07, 6.45) is 0. The van der Waals surface area contributed by atoms with Crippen LogP contribution >= 0.6 is 15.9 Å². The number of nitrogens with one attached hydrogen (secondary N) is 1. The van der Waals surface area contributed by atoms with Crippen LogP contribution in [0.4, 0.5) is 17.6 Å². The molecule has 0 amide bonds. The molecular weight excluding hydrogens is 350 g/mol. The summed E-state index contributed by atoms with van der Waals surface area (Å²) in [6, 6.07) is 3.72. The molecule has 6 heteroatoms. The summed E-state index contributed by atoms with van der Waals surface area (Å²) in [7, 11) is 1.49. The third-order valence-electron chi connectivity index (χ3n) is 3.27. The minimum absolute atomic E-state index is 0.165. The Hall–Kier alpha value is -1.40. The van der Waals surface area contributed by atoms with Crippen LogP contribution in [0.15, 0.2) is 28.7 Å². The van der Waals surface area contributed by atoms with Crippen molar-refractivity contribution in [1.82, 2.24) is 5.32 Å². The molecule has 0 aliphatic rings. The van der Waals surface area contributed by atoms with Gasteiger partial charge in [-0.05, 0) is 53.2 Å². The van der Waals surface area contributed by atoms with E-state index in [0.29, 0.717) is 0 Å². The number of benzene rings is 2. The molecule has 0 spiro atoms. The Labute approximate surface area is 128 Å². The van der Waals surface area contributed by atoms with Crippen molar-refractivity contribution in [2.75, 3.05) is 7.05 Å². The van der Waals surface area contributed by atoms with Crippen molar-refractivity contribution in [1.29, 1.82) is 0 Å². The summed E-state index contributed by atoms with van der Waals surface area (Å²) in [5, 5.41) is 2.73. The highest BCUT2D eigenvalue weighted by Gasteiger charge is 2.25. The van der Waals surface area contributed by atoms with E-state index in [1.165, 1.54) is 26.1 Å². The Kier molecular flexibility index (Phi) is 4.68. The summed E-state index contributed by atoms with van der Waals surface area (Å²) in [5.74, 6) is -3.60. The second kappa shape index (κ2) is 6.15. The highest BCUT2D eigenvalue weighted by atomic mass is 79.9. The molecule has 0 heterocycles. The van der Waals surface area contributed by atoms with Crippen molar-refractivity contribution in [3.63, 3.8) is 0 Å². The number of aryl methyl sites for hydroxylation is 1. The van der Waals surface area contributed by atoms with E-state index >= 15 is 0 Å². The second-order valence-corrected chi connectivity index (χ2v) is 5.37. The van der Waals surface area contributed by atoms with Crippen LogP contribution in [-0.2, 0) is 0 Å². The SMILES string of the molecule is CNC(c1ccc(F)c(F)c1Br)c1c(F)ccc(C)c1F. The zero-order chi connectivity index (χ0) is 15.7. The van der Waals surface area contributed by atoms with E-state index in [2.05, 4.69) is 21.2 Å². The summed E-state index contributed by atoms with van der Waals surface area (Å²) in [4.78, 5) is 0. The first-order chi connectivity index (χ1) is 9.88. The summed E-state index contributed by atoms with van der Waals surface area (Å²) in [6.45, 7) is 1.51. The largest absolute Gasteiger partial charge is 0.309 e. The van der Waals surface area contributed by atoms with Gasteiger partial charge in [-0.2, -0.15) is 0 Å². The average molecular weight is 362 g/mol. The van der Waals surface area contributed by atoms with Gasteiger partial charge in [0.05, 0.1) is 10.5 Å². The smallest absolute Gasteiger partial charge is 0.173 e. The van der Waals surface area contributed by atoms with Gasteiger partial charge in [-0.15, -0.1) is 0 Å². The lowest BCUT2D eigenvalue weighted by Crippen LogP contribution is -2.22. The number of rotatable bonds is 3. The van der Waals surface area contributed by atoms with Crippen molar-refractivity contribution in [3.05, 3.63) is 68.7 Å². The van der Waals surface area contributed by atoms with Crippen LogP contribution < -0.4 is 5.32 Å². The maximum absolute atomic E-state index is 14.2. The van der Waals surface area contributed by atoms with Crippen LogP contribution in [0.3, 0.4) is 0 Å². The Morgan fingerprint density at radius 2 is 1.57 bits per heavy atom. The van der Waals surface area contributed by atoms with Crippen molar-refractivity contribution in [2.45, 2.75) is 13.0 Å². The lowest BCUT2D eigenvalue weighted by atomic mass is 9.96. The maximum Gasteiger partial charge on any atom is 0.173 e. The molecule has 1 nitrogen and oxygen atoms in total. The molecule has 0 bridgehead atoms. The molecule has 1 N–H and O–H groups in total. The molecule has 0 aliphatic carbocycles. The van der Waals surface area contributed by atoms with Crippen molar-refractivity contribution in [2.24, 2.45) is 0 Å². The third-order valence-corrected chi connectivity index (χ3v) is 4.08. The van der Waals surface area contributed by atoms with Gasteiger partial charge in [0.25, 0.3) is 0 Å². The number of hydrogen-bond donors (Lipinski definition) is 1. The quantitative estimate of drug-likeness (QED) is 0.621. The molecular formula is C15H12BrF4N. The van der Waals surface area contributed by atoms with E-state index in [1.54, 1.807) is 0 Å². The van der Waals surface area contributed by atoms with Crippen LogP contribution in [0, 0.1) is 30.2 Å². The van der Waals surface area contributed by atoms with Gasteiger partial charge in [0, 0.05) is 5.56 Å². The first-order valence-electron chi connectivity index (χ1n) is 6.13. The lowest BCUT2D eigenvalue weighted by Gasteiger charge is -2.21. The zero-order valence-corrected chi connectivity index (χ0v) is 12.9. The zero-order valence-electron chi connectivity index (χ0n) is 11.3. The van der Waals surface area contributed by atoms with Gasteiger partial charge in [0.2, 0.25) is 0 Å². The molecule has 0 aromatic heterocycles. The molecule has 2 aromatic carbocycles. The second-order valence-electron chi connectivity index (χ2n) is 4.58. The van der Waals surface area contributed by atoms with Crippen LogP contribution in [0.2, 0.25) is 0 Å². The molecule has 21 heavy (non-hydrogen) atoms. The topological polar surface area (TPSA) is 12.0 Å². The molecule has 2 aromatic rings. The van der Waals surface area contributed by atoms with Crippen LogP contribution in [0.1, 0.15) is 22.7 Å². The van der Waals surface area contributed by atoms with Gasteiger partial charge < -0.3 is 5.32 Å². The molecule has 0 radical (unpaired) electrons. The maximum atomic E-state index is 14.2. The monoisotopic (exact) mass is 361 g/mol. The fourth-order valence-corrected chi connectivity index (χ4v) is 2.71. The molecule has 0 saturated carbocycles. The Balaban J connectivity index is 2.66. The Morgan fingerprint density at radius 1 is 0.952 bits per heavy atom. The molecule has 112 valence electrons. The molecule has 1 atom stereocenters. The first-order valence-corrected chi connectivity index (χ1v) is 6.93. The van der Waals surface area contributed by atoms with Crippen molar-refractivity contribution < 1.29 is 17.6 Å². The fourth-order valence-electron chi connectivity index (χ4n) is 2.16. The summed E-state index contributed by atoms with van der Waals surface area (Å²) >= 11 is 2.94. The number of halogens is 5. The van der Waals surface area contributed by atoms with Crippen molar-refractivity contribution >= 4 is 15.9 Å². The summed E-state index contributed by atoms with van der Waals surface area (Å²) < 4.78 is 54.9. The van der Waals surface area contributed by atoms with Gasteiger partial charge in [0.15, 0.2) is 11.6 Å². The van der Waals surface area contributed by atoms with Crippen LogP contribution in [0.25, 0.3) is 0 Å². The van der Waals surface area contributed by atoms with Gasteiger partial charge >= 0.3 is 0 Å². The van der Waals surface area contributed by atoms with Crippen LogP contribution in [-0.4, -0.2) is 7.05 Å². The Morgan fingerprint density at radius 3 is 2.19 bits per heavy atom. The minimum Gasteiger partial charge on any atom is -0.309 e. The van der Waals surface area contributed by atoms with E-state index in [-0.39, 0.29) is 21.2 Å². The normalized spacial score (nSPS) is 12.5. The first kappa shape index (κ1) is 16.0. The van der Waals surface area contributed by atoms with E-state index < -0.39 is 29.3 Å². The highest BCUT2D eigenvalue weighted by Crippen LogP contribution is 2.34. The van der Waals surface area contributed by atoms with Crippen LogP contribution in [0.5, 0.6) is 0 Å². The van der Waals surface area contributed by atoms with Gasteiger partial charge in [0.1, 0.15) is 11.6 Å². The fraction of sp³-hybridized carbons (Fsp3) is 0.200. The lowest BCUT2D eigenvalue weighted by molar-refractivity contribution is 0.492. The molecule has 0 fully saturated rings. The van der Waals surface area contributed by atoms with Gasteiger partial charge in [-0.3, -0.25) is 0 Å². The summed E-state index contributed by atoms with van der Waals surface area (Å²) in [5.41, 5.74) is 0.245. The molecule has 0 saturated heterocycles. The molecule has 2 rings (SSSR count). The predicted octanol–water partition coefficient (Wildman–Crippen LogP) is 4.62.